The monoisotopic (exact) mass is 536 g/mol. The van der Waals surface area contributed by atoms with Crippen molar-refractivity contribution in [2.45, 2.75) is 0 Å². The number of hydrogen-bond donors (Lipinski definition) is 1. The summed E-state index contributed by atoms with van der Waals surface area (Å²) >= 11 is 2.85. The molecule has 0 aliphatic carbocycles. The third-order valence-electron chi connectivity index (χ3n) is 3.87. The molecule has 0 saturated carbocycles. The summed E-state index contributed by atoms with van der Waals surface area (Å²) in [5, 5.41) is 1.98. The molecule has 1 aliphatic rings. The number of imide groups is 1. The lowest BCUT2D eigenvalue weighted by molar-refractivity contribution is -0.127. The van der Waals surface area contributed by atoms with Gasteiger partial charge in [0, 0.05) is 5.69 Å². The Morgan fingerprint density at radius 2 is 2.00 bits per heavy atom. The van der Waals surface area contributed by atoms with Crippen molar-refractivity contribution >= 4 is 63.2 Å². The number of nitrogens with one attached hydrogen (secondary N) is 1. The van der Waals surface area contributed by atoms with E-state index in [2.05, 4.69) is 33.8 Å². The zero-order valence-electron chi connectivity index (χ0n) is 15.4. The predicted molar refractivity (Wildman–Crippen MR) is 121 cm³/mol. The van der Waals surface area contributed by atoms with Crippen LogP contribution in [0, 0.1) is 21.7 Å². The largest absolute Gasteiger partial charge is 0.480 e. The minimum absolute atomic E-state index is 0.147. The van der Waals surface area contributed by atoms with Gasteiger partial charge < -0.3 is 10.1 Å². The third kappa shape index (κ3) is 5.40. The fourth-order valence-corrected chi connectivity index (χ4v) is 4.04. The van der Waals surface area contributed by atoms with Crippen molar-refractivity contribution in [1.82, 2.24) is 4.90 Å². The molecule has 3 rings (SSSR count). The van der Waals surface area contributed by atoms with Crippen LogP contribution in [0.15, 0.2) is 47.4 Å². The lowest BCUT2D eigenvalue weighted by atomic mass is 10.2. The van der Waals surface area contributed by atoms with E-state index in [1.165, 1.54) is 24.3 Å². The Hall–Kier alpha value is -2.84. The number of benzene rings is 2. The highest BCUT2D eigenvalue weighted by Gasteiger charge is 2.36. The van der Waals surface area contributed by atoms with Crippen LogP contribution in [-0.2, 0) is 9.59 Å². The second kappa shape index (κ2) is 9.77. The van der Waals surface area contributed by atoms with Crippen molar-refractivity contribution in [3.63, 3.8) is 0 Å². The molecule has 6 nitrogen and oxygen atoms in total. The summed E-state index contributed by atoms with van der Waals surface area (Å²) in [5.41, 5.74) is 1.07. The molecule has 3 amide bonds. The number of anilines is 1. The van der Waals surface area contributed by atoms with Crippen LogP contribution in [0.5, 0.6) is 5.75 Å². The fourth-order valence-electron chi connectivity index (χ4n) is 2.51. The van der Waals surface area contributed by atoms with Gasteiger partial charge in [-0.1, -0.05) is 12.0 Å². The first-order chi connectivity index (χ1) is 14.4. The van der Waals surface area contributed by atoms with E-state index in [9.17, 15) is 18.8 Å². The number of hydrogen-bond acceptors (Lipinski definition) is 5. The molecule has 2 aromatic rings. The molecule has 152 valence electrons. The number of amides is 3. The van der Waals surface area contributed by atoms with Gasteiger partial charge in [-0.15, -0.1) is 6.42 Å². The molecule has 0 aromatic heterocycles. The normalized spacial score (nSPS) is 14.7. The Balaban J connectivity index is 1.68. The van der Waals surface area contributed by atoms with Crippen LogP contribution in [0.1, 0.15) is 5.56 Å². The summed E-state index contributed by atoms with van der Waals surface area (Å²) in [6.45, 7) is -0.288. The van der Waals surface area contributed by atoms with Gasteiger partial charge in [-0.05, 0) is 82.4 Å². The van der Waals surface area contributed by atoms with E-state index in [-0.39, 0.29) is 11.5 Å². The summed E-state index contributed by atoms with van der Waals surface area (Å²) in [4.78, 5) is 38.0. The molecule has 2 aromatic carbocycles. The van der Waals surface area contributed by atoms with E-state index >= 15 is 0 Å². The van der Waals surface area contributed by atoms with Gasteiger partial charge in [-0.2, -0.15) is 0 Å². The van der Waals surface area contributed by atoms with Crippen LogP contribution < -0.4 is 10.1 Å². The Kier molecular flexibility index (Phi) is 7.12. The first-order valence-corrected chi connectivity index (χ1v) is 10.4. The summed E-state index contributed by atoms with van der Waals surface area (Å²) < 4.78 is 19.1. The van der Waals surface area contributed by atoms with Crippen molar-refractivity contribution < 1.29 is 23.5 Å². The minimum atomic E-state index is -0.560. The van der Waals surface area contributed by atoms with Crippen LogP contribution >= 0.6 is 34.4 Å². The average molecular weight is 536 g/mol. The number of nitrogens with zero attached hydrogens (tertiary/aromatic N) is 1. The number of thioether (sulfide) groups is 1. The van der Waals surface area contributed by atoms with Gasteiger partial charge in [0.05, 0.1) is 8.48 Å². The molecule has 1 heterocycles. The number of halogens is 2. The predicted octanol–water partition coefficient (Wildman–Crippen LogP) is 4.12. The molecule has 0 spiro atoms. The highest BCUT2D eigenvalue weighted by Crippen LogP contribution is 2.33. The number of ether oxygens (including phenoxy) is 1. The molecule has 1 N–H and O–H groups in total. The zero-order chi connectivity index (χ0) is 21.7. The van der Waals surface area contributed by atoms with Gasteiger partial charge in [0.15, 0.2) is 0 Å². The first kappa shape index (κ1) is 21.9. The van der Waals surface area contributed by atoms with Gasteiger partial charge in [-0.25, -0.2) is 4.39 Å². The first-order valence-electron chi connectivity index (χ1n) is 8.54. The molecular weight excluding hydrogens is 522 g/mol. The topological polar surface area (TPSA) is 75.7 Å². The van der Waals surface area contributed by atoms with Crippen LogP contribution in [0.2, 0.25) is 0 Å². The summed E-state index contributed by atoms with van der Waals surface area (Å²) in [7, 11) is 0. The molecule has 9 heteroatoms. The van der Waals surface area contributed by atoms with Crippen LogP contribution in [-0.4, -0.2) is 35.1 Å². The third-order valence-corrected chi connectivity index (χ3v) is 5.62. The van der Waals surface area contributed by atoms with E-state index in [1.54, 1.807) is 24.3 Å². The summed E-state index contributed by atoms with van der Waals surface area (Å²) in [6.07, 6.45) is 6.76. The van der Waals surface area contributed by atoms with E-state index in [0.717, 1.165) is 20.2 Å². The van der Waals surface area contributed by atoms with Gasteiger partial charge >= 0.3 is 0 Å². The Labute approximate surface area is 190 Å². The van der Waals surface area contributed by atoms with E-state index in [4.69, 9.17) is 11.2 Å². The molecule has 30 heavy (non-hydrogen) atoms. The van der Waals surface area contributed by atoms with Crippen LogP contribution in [0.25, 0.3) is 6.08 Å². The molecule has 0 unspecified atom stereocenters. The highest BCUT2D eigenvalue weighted by molar-refractivity contribution is 14.1. The van der Waals surface area contributed by atoms with Crippen molar-refractivity contribution in [2.75, 3.05) is 18.5 Å². The van der Waals surface area contributed by atoms with E-state index < -0.39 is 29.4 Å². The number of carbonyl (C=O) groups is 3. The lowest BCUT2D eigenvalue weighted by Gasteiger charge is -2.12. The molecule has 1 aliphatic heterocycles. The number of rotatable bonds is 6. The van der Waals surface area contributed by atoms with Crippen molar-refractivity contribution in [3.05, 3.63) is 62.3 Å². The number of terminal acetylenes is 1. The van der Waals surface area contributed by atoms with Crippen molar-refractivity contribution in [2.24, 2.45) is 0 Å². The van der Waals surface area contributed by atoms with Gasteiger partial charge in [-0.3, -0.25) is 19.3 Å². The molecule has 0 bridgehead atoms. The Bertz CT molecular complexity index is 1080. The average Bonchev–Trinajstić information content (AvgIpc) is 2.96. The van der Waals surface area contributed by atoms with Crippen LogP contribution in [0.4, 0.5) is 14.9 Å². The maximum absolute atomic E-state index is 12.9. The van der Waals surface area contributed by atoms with Crippen molar-refractivity contribution in [1.29, 1.82) is 0 Å². The SMILES string of the molecule is C#CCOc1ccc(/C=C2\SC(=O)N(CC(=O)Nc3ccc(F)cc3)C2=O)cc1I. The van der Waals surface area contributed by atoms with E-state index in [0.29, 0.717) is 17.0 Å². The molecule has 1 saturated heterocycles. The molecule has 1 fully saturated rings. The maximum Gasteiger partial charge on any atom is 0.294 e. The Morgan fingerprint density at radius 1 is 1.27 bits per heavy atom. The smallest absolute Gasteiger partial charge is 0.294 e. The molecule has 0 atom stereocenters. The maximum atomic E-state index is 12.9. The van der Waals surface area contributed by atoms with Gasteiger partial charge in [0.25, 0.3) is 11.1 Å². The zero-order valence-corrected chi connectivity index (χ0v) is 18.3. The lowest BCUT2D eigenvalue weighted by Crippen LogP contribution is -2.36. The van der Waals surface area contributed by atoms with Crippen molar-refractivity contribution in [3.8, 4) is 18.1 Å². The van der Waals surface area contributed by atoms with Gasteiger partial charge in [0.2, 0.25) is 5.91 Å². The fraction of sp³-hybridized carbons (Fsp3) is 0.0952. The molecular formula is C21H14FIN2O4S. The second-order valence-corrected chi connectivity index (χ2v) is 8.16. The summed E-state index contributed by atoms with van der Waals surface area (Å²) in [6, 6.07) is 10.4. The highest BCUT2D eigenvalue weighted by atomic mass is 127. The molecule has 0 radical (unpaired) electrons. The summed E-state index contributed by atoms with van der Waals surface area (Å²) in [5.74, 6) is 1.46. The van der Waals surface area contributed by atoms with Gasteiger partial charge in [0.1, 0.15) is 24.7 Å². The minimum Gasteiger partial charge on any atom is -0.480 e. The standard InChI is InChI=1S/C21H14FIN2O4S/c1-2-9-29-17-8-3-13(10-16(17)23)11-18-20(27)25(21(28)30-18)12-19(26)24-15-6-4-14(22)5-7-15/h1,3-8,10-11H,9,12H2,(H,24,26)/b18-11-. The van der Waals surface area contributed by atoms with E-state index in [1.807, 2.05) is 0 Å². The van der Waals surface area contributed by atoms with Crippen LogP contribution in [0.3, 0.4) is 0 Å². The second-order valence-electron chi connectivity index (χ2n) is 6.01. The quantitative estimate of drug-likeness (QED) is 0.342. The Morgan fingerprint density at radius 3 is 2.67 bits per heavy atom. The number of carbonyl (C=O) groups excluding carboxylic acids is 3.